The summed E-state index contributed by atoms with van der Waals surface area (Å²) in [5, 5.41) is 3.53. The minimum Gasteiger partial charge on any atom is -0.492 e. The number of piperidine rings is 1. The standard InChI is InChI=1S/C17H27N5O/c1-15-7-6-11-22(14-15)17-9-8-16(13-19-17)23-12-5-3-2-4-10-20-21-18/h8-9,13,15H,2-7,10-12,14H2,1H3. The molecule has 0 N–H and O–H groups in total. The number of aromatic nitrogens is 1. The molecule has 1 fully saturated rings. The fraction of sp³-hybridized carbons (Fsp3) is 0.706. The lowest BCUT2D eigenvalue weighted by Gasteiger charge is -2.31. The van der Waals surface area contributed by atoms with Gasteiger partial charge in [0.1, 0.15) is 11.6 Å². The van der Waals surface area contributed by atoms with Crippen molar-refractivity contribution in [3.8, 4) is 5.75 Å². The van der Waals surface area contributed by atoms with Crippen LogP contribution in [0.2, 0.25) is 0 Å². The molecule has 23 heavy (non-hydrogen) atoms. The fourth-order valence-corrected chi connectivity index (χ4v) is 2.92. The van der Waals surface area contributed by atoms with E-state index in [2.05, 4.69) is 32.9 Å². The molecule has 1 aliphatic rings. The van der Waals surface area contributed by atoms with E-state index >= 15 is 0 Å². The van der Waals surface area contributed by atoms with E-state index in [1.807, 2.05) is 12.3 Å². The number of unbranched alkanes of at least 4 members (excludes halogenated alkanes) is 3. The molecule has 6 nitrogen and oxygen atoms in total. The molecule has 0 radical (unpaired) electrons. The van der Waals surface area contributed by atoms with Crippen LogP contribution in [-0.2, 0) is 0 Å². The predicted octanol–water partition coefficient (Wildman–Crippen LogP) is 4.57. The highest BCUT2D eigenvalue weighted by molar-refractivity contribution is 5.41. The molecule has 1 aliphatic heterocycles. The normalized spacial score (nSPS) is 17.6. The van der Waals surface area contributed by atoms with Crippen LogP contribution in [0.1, 0.15) is 45.4 Å². The summed E-state index contributed by atoms with van der Waals surface area (Å²) in [6.45, 7) is 5.81. The highest BCUT2D eigenvalue weighted by atomic mass is 16.5. The molecular formula is C17H27N5O. The van der Waals surface area contributed by atoms with Gasteiger partial charge in [-0.25, -0.2) is 4.98 Å². The van der Waals surface area contributed by atoms with Gasteiger partial charge < -0.3 is 9.64 Å². The minimum atomic E-state index is 0.595. The predicted molar refractivity (Wildman–Crippen MR) is 92.8 cm³/mol. The highest BCUT2D eigenvalue weighted by Crippen LogP contribution is 2.22. The van der Waals surface area contributed by atoms with Gasteiger partial charge in [-0.2, -0.15) is 0 Å². The second kappa shape index (κ2) is 9.95. The minimum absolute atomic E-state index is 0.595. The average molecular weight is 317 g/mol. The van der Waals surface area contributed by atoms with E-state index in [9.17, 15) is 0 Å². The van der Waals surface area contributed by atoms with Gasteiger partial charge in [-0.05, 0) is 49.3 Å². The molecule has 0 amide bonds. The number of ether oxygens (including phenoxy) is 1. The van der Waals surface area contributed by atoms with Gasteiger partial charge in [-0.15, -0.1) is 0 Å². The van der Waals surface area contributed by atoms with Crippen molar-refractivity contribution in [3.05, 3.63) is 28.8 Å². The number of pyridine rings is 1. The van der Waals surface area contributed by atoms with Crippen molar-refractivity contribution in [3.63, 3.8) is 0 Å². The van der Waals surface area contributed by atoms with Crippen LogP contribution in [0.15, 0.2) is 23.4 Å². The van der Waals surface area contributed by atoms with Gasteiger partial charge in [0.15, 0.2) is 0 Å². The van der Waals surface area contributed by atoms with Crippen LogP contribution in [0.5, 0.6) is 5.75 Å². The van der Waals surface area contributed by atoms with Crippen molar-refractivity contribution < 1.29 is 4.74 Å². The first-order valence-electron chi connectivity index (χ1n) is 8.64. The lowest BCUT2D eigenvalue weighted by molar-refractivity contribution is 0.303. The van der Waals surface area contributed by atoms with Crippen molar-refractivity contribution in [2.45, 2.75) is 45.4 Å². The van der Waals surface area contributed by atoms with Gasteiger partial charge in [-0.3, -0.25) is 0 Å². The van der Waals surface area contributed by atoms with Crippen LogP contribution in [0.25, 0.3) is 10.4 Å². The van der Waals surface area contributed by atoms with E-state index < -0.39 is 0 Å². The first kappa shape index (κ1) is 17.4. The summed E-state index contributed by atoms with van der Waals surface area (Å²) in [6.07, 6.45) is 8.54. The molecule has 1 atom stereocenters. The summed E-state index contributed by atoms with van der Waals surface area (Å²) in [4.78, 5) is 9.65. The van der Waals surface area contributed by atoms with Crippen LogP contribution in [0.4, 0.5) is 5.82 Å². The lowest BCUT2D eigenvalue weighted by atomic mass is 10.0. The van der Waals surface area contributed by atoms with Crippen molar-refractivity contribution in [1.29, 1.82) is 0 Å². The lowest BCUT2D eigenvalue weighted by Crippen LogP contribution is -2.34. The van der Waals surface area contributed by atoms with E-state index in [1.54, 1.807) is 0 Å². The number of hydrogen-bond donors (Lipinski definition) is 0. The van der Waals surface area contributed by atoms with Gasteiger partial charge in [0.25, 0.3) is 0 Å². The number of nitrogens with zero attached hydrogens (tertiary/aromatic N) is 5. The second-order valence-corrected chi connectivity index (χ2v) is 6.26. The zero-order valence-corrected chi connectivity index (χ0v) is 14.0. The third kappa shape index (κ3) is 6.37. The zero-order chi connectivity index (χ0) is 16.3. The van der Waals surface area contributed by atoms with Crippen LogP contribution < -0.4 is 9.64 Å². The fourth-order valence-electron chi connectivity index (χ4n) is 2.92. The molecule has 1 unspecified atom stereocenters. The summed E-state index contributed by atoms with van der Waals surface area (Å²) >= 11 is 0. The van der Waals surface area contributed by atoms with E-state index in [0.29, 0.717) is 13.2 Å². The third-order valence-electron chi connectivity index (χ3n) is 4.19. The molecule has 2 rings (SSSR count). The number of azide groups is 1. The summed E-state index contributed by atoms with van der Waals surface area (Å²) in [7, 11) is 0. The molecule has 126 valence electrons. The van der Waals surface area contributed by atoms with Crippen molar-refractivity contribution >= 4 is 5.82 Å². The Morgan fingerprint density at radius 3 is 2.96 bits per heavy atom. The van der Waals surface area contributed by atoms with Crippen molar-refractivity contribution in [1.82, 2.24) is 4.98 Å². The summed E-state index contributed by atoms with van der Waals surface area (Å²) < 4.78 is 5.73. The van der Waals surface area contributed by atoms with Gasteiger partial charge in [0, 0.05) is 24.5 Å². The van der Waals surface area contributed by atoms with Crippen LogP contribution in [0, 0.1) is 5.92 Å². The van der Waals surface area contributed by atoms with E-state index in [4.69, 9.17) is 10.3 Å². The second-order valence-electron chi connectivity index (χ2n) is 6.26. The molecule has 0 aliphatic carbocycles. The molecule has 0 spiro atoms. The van der Waals surface area contributed by atoms with Gasteiger partial charge >= 0.3 is 0 Å². The Balaban J connectivity index is 1.64. The molecule has 6 heteroatoms. The molecule has 2 heterocycles. The Kier molecular flexibility index (Phi) is 7.54. The molecule has 0 bridgehead atoms. The van der Waals surface area contributed by atoms with E-state index in [1.165, 1.54) is 12.8 Å². The largest absolute Gasteiger partial charge is 0.492 e. The Morgan fingerprint density at radius 1 is 1.35 bits per heavy atom. The molecule has 1 aromatic heterocycles. The summed E-state index contributed by atoms with van der Waals surface area (Å²) in [5.74, 6) is 2.65. The smallest absolute Gasteiger partial charge is 0.137 e. The highest BCUT2D eigenvalue weighted by Gasteiger charge is 2.17. The van der Waals surface area contributed by atoms with Crippen molar-refractivity contribution in [2.24, 2.45) is 11.0 Å². The molecule has 1 aromatic rings. The number of anilines is 1. The van der Waals surface area contributed by atoms with Gasteiger partial charge in [0.05, 0.1) is 12.8 Å². The molecule has 1 saturated heterocycles. The van der Waals surface area contributed by atoms with Crippen LogP contribution >= 0.6 is 0 Å². The Morgan fingerprint density at radius 2 is 2.22 bits per heavy atom. The summed E-state index contributed by atoms with van der Waals surface area (Å²) in [6, 6.07) is 4.08. The van der Waals surface area contributed by atoms with Gasteiger partial charge in [-0.1, -0.05) is 24.9 Å². The maximum absolute atomic E-state index is 8.18. The Hall–Kier alpha value is -1.94. The van der Waals surface area contributed by atoms with Gasteiger partial charge in [0.2, 0.25) is 0 Å². The van der Waals surface area contributed by atoms with Crippen LogP contribution in [-0.4, -0.2) is 31.2 Å². The topological polar surface area (TPSA) is 74.1 Å². The number of hydrogen-bond acceptors (Lipinski definition) is 4. The summed E-state index contributed by atoms with van der Waals surface area (Å²) in [5.41, 5.74) is 8.18. The van der Waals surface area contributed by atoms with Crippen LogP contribution in [0.3, 0.4) is 0 Å². The molecule has 0 saturated carbocycles. The molecule has 0 aromatic carbocycles. The maximum Gasteiger partial charge on any atom is 0.137 e. The maximum atomic E-state index is 8.18. The number of rotatable bonds is 9. The zero-order valence-electron chi connectivity index (χ0n) is 14.0. The third-order valence-corrected chi connectivity index (χ3v) is 4.19. The Labute approximate surface area is 138 Å². The quantitative estimate of drug-likeness (QED) is 0.290. The molecular weight excluding hydrogens is 290 g/mol. The SMILES string of the molecule is CC1CCCN(c2ccc(OCCCCCCN=[N+]=[N-])cn2)C1. The Bertz CT molecular complexity index is 498. The van der Waals surface area contributed by atoms with Crippen molar-refractivity contribution in [2.75, 3.05) is 31.1 Å². The van der Waals surface area contributed by atoms with E-state index in [0.717, 1.165) is 56.3 Å². The monoisotopic (exact) mass is 317 g/mol. The average Bonchev–Trinajstić information content (AvgIpc) is 2.58. The van der Waals surface area contributed by atoms with E-state index in [-0.39, 0.29) is 0 Å². The first-order valence-corrected chi connectivity index (χ1v) is 8.64. The first-order chi connectivity index (χ1) is 11.3.